The van der Waals surface area contributed by atoms with Crippen LogP contribution in [-0.2, 0) is 0 Å². The standard InChI is InChI=1S/C15H15NO2/c1-10(2)7-8-16-13-9-14(17)11-5-3-4-6-12(11)15(13)18/h3-7,9,16H,8H2,1-2H3. The molecule has 3 nitrogen and oxygen atoms in total. The fourth-order valence-electron chi connectivity index (χ4n) is 1.81. The molecule has 1 aliphatic rings. The van der Waals surface area contributed by atoms with Gasteiger partial charge < -0.3 is 5.32 Å². The van der Waals surface area contributed by atoms with Crippen molar-refractivity contribution in [3.8, 4) is 0 Å². The number of rotatable bonds is 3. The molecule has 1 aromatic rings. The van der Waals surface area contributed by atoms with Crippen LogP contribution in [0.1, 0.15) is 34.6 Å². The molecule has 0 amide bonds. The molecule has 0 saturated carbocycles. The van der Waals surface area contributed by atoms with Gasteiger partial charge >= 0.3 is 0 Å². The maximum Gasteiger partial charge on any atom is 0.209 e. The van der Waals surface area contributed by atoms with E-state index in [4.69, 9.17) is 0 Å². The van der Waals surface area contributed by atoms with Crippen molar-refractivity contribution >= 4 is 11.6 Å². The number of allylic oxidation sites excluding steroid dienone is 3. The van der Waals surface area contributed by atoms with Crippen LogP contribution in [0.15, 0.2) is 47.7 Å². The summed E-state index contributed by atoms with van der Waals surface area (Å²) in [6, 6.07) is 6.90. The number of Topliss-reactive ketones (excluding diaryl/α,β-unsaturated/α-hetero) is 1. The maximum absolute atomic E-state index is 12.1. The number of carbonyl (C=O) groups excluding carboxylic acids is 2. The zero-order chi connectivity index (χ0) is 13.1. The molecule has 0 bridgehead atoms. The Morgan fingerprint density at radius 3 is 2.50 bits per heavy atom. The first-order valence-corrected chi connectivity index (χ1v) is 5.86. The average molecular weight is 241 g/mol. The van der Waals surface area contributed by atoms with E-state index in [0.717, 1.165) is 5.57 Å². The predicted molar refractivity (Wildman–Crippen MR) is 70.6 cm³/mol. The predicted octanol–water partition coefficient (Wildman–Crippen LogP) is 2.51. The van der Waals surface area contributed by atoms with E-state index < -0.39 is 0 Å². The van der Waals surface area contributed by atoms with Crippen LogP contribution < -0.4 is 5.32 Å². The van der Waals surface area contributed by atoms with Crippen LogP contribution in [0.2, 0.25) is 0 Å². The molecule has 0 unspecified atom stereocenters. The number of carbonyl (C=O) groups is 2. The zero-order valence-electron chi connectivity index (χ0n) is 10.5. The van der Waals surface area contributed by atoms with E-state index in [1.165, 1.54) is 6.08 Å². The lowest BCUT2D eigenvalue weighted by molar-refractivity contribution is 0.0979. The molecule has 1 N–H and O–H groups in total. The van der Waals surface area contributed by atoms with Crippen molar-refractivity contribution in [1.29, 1.82) is 0 Å². The van der Waals surface area contributed by atoms with Crippen LogP contribution in [0.3, 0.4) is 0 Å². The molecule has 0 heterocycles. The van der Waals surface area contributed by atoms with Gasteiger partial charge in [-0.05, 0) is 13.8 Å². The van der Waals surface area contributed by atoms with Crippen molar-refractivity contribution < 1.29 is 9.59 Å². The molecular formula is C15H15NO2. The van der Waals surface area contributed by atoms with E-state index in [2.05, 4.69) is 5.32 Å². The molecule has 0 saturated heterocycles. The molecule has 0 atom stereocenters. The third kappa shape index (κ3) is 2.40. The molecule has 92 valence electrons. The summed E-state index contributed by atoms with van der Waals surface area (Å²) in [5.41, 5.74) is 2.49. The maximum atomic E-state index is 12.1. The van der Waals surface area contributed by atoms with Gasteiger partial charge in [0.1, 0.15) is 0 Å². The lowest BCUT2D eigenvalue weighted by Crippen LogP contribution is -2.26. The largest absolute Gasteiger partial charge is 0.378 e. The third-order valence-electron chi connectivity index (χ3n) is 2.76. The normalized spacial score (nSPS) is 13.8. The highest BCUT2D eigenvalue weighted by Crippen LogP contribution is 2.19. The second kappa shape index (κ2) is 5.00. The molecule has 0 spiro atoms. The first kappa shape index (κ1) is 12.3. The van der Waals surface area contributed by atoms with Gasteiger partial charge in [0.25, 0.3) is 0 Å². The quantitative estimate of drug-likeness (QED) is 0.827. The molecule has 0 radical (unpaired) electrons. The summed E-state index contributed by atoms with van der Waals surface area (Å²) in [7, 11) is 0. The number of hydrogen-bond acceptors (Lipinski definition) is 3. The van der Waals surface area contributed by atoms with Crippen LogP contribution >= 0.6 is 0 Å². The van der Waals surface area contributed by atoms with Gasteiger partial charge in [-0.2, -0.15) is 0 Å². The highest BCUT2D eigenvalue weighted by Gasteiger charge is 2.24. The second-order valence-electron chi connectivity index (χ2n) is 4.46. The highest BCUT2D eigenvalue weighted by atomic mass is 16.1. The van der Waals surface area contributed by atoms with Crippen molar-refractivity contribution in [3.05, 3.63) is 58.8 Å². The molecule has 1 aliphatic carbocycles. The summed E-state index contributed by atoms with van der Waals surface area (Å²) >= 11 is 0. The minimum atomic E-state index is -0.120. The molecule has 2 rings (SSSR count). The first-order valence-electron chi connectivity index (χ1n) is 5.86. The number of fused-ring (bicyclic) bond motifs is 1. The fraction of sp³-hybridized carbons (Fsp3) is 0.200. The summed E-state index contributed by atoms with van der Waals surface area (Å²) < 4.78 is 0. The Morgan fingerprint density at radius 2 is 1.83 bits per heavy atom. The van der Waals surface area contributed by atoms with Gasteiger partial charge in [0, 0.05) is 23.7 Å². The number of nitrogens with one attached hydrogen (secondary N) is 1. The summed E-state index contributed by atoms with van der Waals surface area (Å²) in [6.07, 6.45) is 3.35. The van der Waals surface area contributed by atoms with Crippen LogP contribution in [0, 0.1) is 0 Å². The summed E-state index contributed by atoms with van der Waals surface area (Å²) in [5, 5.41) is 2.99. The molecular weight excluding hydrogens is 226 g/mol. The molecule has 18 heavy (non-hydrogen) atoms. The van der Waals surface area contributed by atoms with E-state index in [9.17, 15) is 9.59 Å². The topological polar surface area (TPSA) is 46.2 Å². The Labute approximate surface area is 106 Å². The van der Waals surface area contributed by atoms with Crippen LogP contribution in [0.4, 0.5) is 0 Å². The summed E-state index contributed by atoms with van der Waals surface area (Å²) in [4.78, 5) is 24.0. The molecule has 3 heteroatoms. The van der Waals surface area contributed by atoms with E-state index in [0.29, 0.717) is 23.4 Å². The van der Waals surface area contributed by atoms with Crippen molar-refractivity contribution in [3.63, 3.8) is 0 Å². The van der Waals surface area contributed by atoms with Crippen molar-refractivity contribution in [2.75, 3.05) is 6.54 Å². The van der Waals surface area contributed by atoms with Crippen LogP contribution in [0.5, 0.6) is 0 Å². The lowest BCUT2D eigenvalue weighted by atomic mass is 9.93. The molecule has 0 aliphatic heterocycles. The molecule has 0 aromatic heterocycles. The second-order valence-corrected chi connectivity index (χ2v) is 4.46. The average Bonchev–Trinajstić information content (AvgIpc) is 2.35. The number of ketones is 2. The SMILES string of the molecule is CC(C)=CCNC1=CC(=O)c2ccccc2C1=O. The highest BCUT2D eigenvalue weighted by molar-refractivity contribution is 6.24. The lowest BCUT2D eigenvalue weighted by Gasteiger charge is -2.15. The van der Waals surface area contributed by atoms with Gasteiger partial charge in [0.15, 0.2) is 5.78 Å². The Bertz CT molecular complexity index is 564. The van der Waals surface area contributed by atoms with E-state index in [1.807, 2.05) is 19.9 Å². The van der Waals surface area contributed by atoms with Gasteiger partial charge in [-0.15, -0.1) is 0 Å². The van der Waals surface area contributed by atoms with Crippen molar-refractivity contribution in [1.82, 2.24) is 5.32 Å². The van der Waals surface area contributed by atoms with E-state index in [1.54, 1.807) is 24.3 Å². The van der Waals surface area contributed by atoms with E-state index >= 15 is 0 Å². The Balaban J connectivity index is 2.23. The number of benzene rings is 1. The Hall–Kier alpha value is -2.16. The monoisotopic (exact) mass is 241 g/mol. The minimum absolute atomic E-state index is 0.118. The molecule has 1 aromatic carbocycles. The van der Waals surface area contributed by atoms with Gasteiger partial charge in [0.2, 0.25) is 5.78 Å². The Kier molecular flexibility index (Phi) is 3.42. The summed E-state index contributed by atoms with van der Waals surface area (Å²) in [6.45, 7) is 4.52. The van der Waals surface area contributed by atoms with Crippen LogP contribution in [-0.4, -0.2) is 18.1 Å². The third-order valence-corrected chi connectivity index (χ3v) is 2.76. The van der Waals surface area contributed by atoms with Gasteiger partial charge in [-0.25, -0.2) is 0 Å². The molecule has 0 fully saturated rings. The minimum Gasteiger partial charge on any atom is -0.378 e. The van der Waals surface area contributed by atoms with Crippen LogP contribution in [0.25, 0.3) is 0 Å². The number of hydrogen-bond donors (Lipinski definition) is 1. The first-order chi connectivity index (χ1) is 8.59. The Morgan fingerprint density at radius 1 is 1.17 bits per heavy atom. The zero-order valence-corrected chi connectivity index (χ0v) is 10.5. The van der Waals surface area contributed by atoms with Crippen molar-refractivity contribution in [2.24, 2.45) is 0 Å². The van der Waals surface area contributed by atoms with Crippen molar-refractivity contribution in [2.45, 2.75) is 13.8 Å². The van der Waals surface area contributed by atoms with E-state index in [-0.39, 0.29) is 11.6 Å². The smallest absolute Gasteiger partial charge is 0.209 e. The summed E-state index contributed by atoms with van der Waals surface area (Å²) in [5.74, 6) is -0.239. The fourth-order valence-corrected chi connectivity index (χ4v) is 1.81. The van der Waals surface area contributed by atoms with Gasteiger partial charge in [0.05, 0.1) is 5.70 Å². The van der Waals surface area contributed by atoms with Gasteiger partial charge in [-0.3, -0.25) is 9.59 Å². The van der Waals surface area contributed by atoms with Gasteiger partial charge in [-0.1, -0.05) is 35.9 Å².